The van der Waals surface area contributed by atoms with Gasteiger partial charge in [0.2, 0.25) is 5.95 Å². The highest BCUT2D eigenvalue weighted by molar-refractivity contribution is 6.25. The number of hydrogen-bond donors (Lipinski definition) is 0. The van der Waals surface area contributed by atoms with Crippen LogP contribution in [0.1, 0.15) is 0 Å². The number of benzene rings is 10. The lowest BCUT2D eigenvalue weighted by atomic mass is 9.92. The van der Waals surface area contributed by atoms with Gasteiger partial charge in [-0.2, -0.15) is 9.97 Å². The van der Waals surface area contributed by atoms with E-state index in [4.69, 9.17) is 15.0 Å². The third-order valence-electron chi connectivity index (χ3n) is 12.0. The third kappa shape index (κ3) is 5.80. The van der Waals surface area contributed by atoms with Gasteiger partial charge >= 0.3 is 0 Å². The number of para-hydroxylation sites is 2. The molecule has 0 saturated carbocycles. The van der Waals surface area contributed by atoms with E-state index in [9.17, 15) is 0 Å². The summed E-state index contributed by atoms with van der Waals surface area (Å²) >= 11 is 0. The van der Waals surface area contributed by atoms with Gasteiger partial charge in [-0.1, -0.05) is 200 Å². The van der Waals surface area contributed by atoms with Crippen LogP contribution in [0.5, 0.6) is 0 Å². The molecule has 0 atom stereocenters. The van der Waals surface area contributed by atoms with Crippen molar-refractivity contribution < 1.29 is 0 Å². The highest BCUT2D eigenvalue weighted by atomic mass is 15.2. The Labute approximate surface area is 352 Å². The summed E-state index contributed by atoms with van der Waals surface area (Å²) in [4.78, 5) is 15.9. The number of rotatable bonds is 6. The maximum Gasteiger partial charge on any atom is 0.238 e. The third-order valence-corrected chi connectivity index (χ3v) is 12.0. The number of aromatic nitrogens is 4. The first-order valence-electron chi connectivity index (χ1n) is 20.7. The van der Waals surface area contributed by atoms with Gasteiger partial charge in [-0.25, -0.2) is 4.98 Å². The highest BCUT2D eigenvalue weighted by Gasteiger charge is 2.21. The summed E-state index contributed by atoms with van der Waals surface area (Å²) in [5, 5.41) is 9.56. The highest BCUT2D eigenvalue weighted by Crippen LogP contribution is 2.41. The van der Waals surface area contributed by atoms with E-state index in [1.807, 2.05) is 18.2 Å². The molecule has 0 aliphatic rings. The molecule has 12 aromatic rings. The molecule has 0 saturated heterocycles. The van der Waals surface area contributed by atoms with Crippen LogP contribution in [0.15, 0.2) is 218 Å². The van der Waals surface area contributed by atoms with E-state index in [2.05, 4.69) is 205 Å². The molecule has 0 fully saturated rings. The number of nitrogens with zero attached hydrogens (tertiary/aromatic N) is 4. The van der Waals surface area contributed by atoms with Crippen molar-refractivity contribution >= 4 is 54.1 Å². The lowest BCUT2D eigenvalue weighted by Crippen LogP contribution is -2.07. The van der Waals surface area contributed by atoms with Crippen molar-refractivity contribution in [3.63, 3.8) is 0 Å². The molecule has 0 aliphatic carbocycles. The zero-order valence-electron chi connectivity index (χ0n) is 33.1. The lowest BCUT2D eigenvalue weighted by Gasteiger charge is -2.15. The van der Waals surface area contributed by atoms with Crippen LogP contribution >= 0.6 is 0 Å². The average molecular weight is 777 g/mol. The normalized spacial score (nSPS) is 11.6. The quantitative estimate of drug-likeness (QED) is 0.158. The Morgan fingerprint density at radius 3 is 1.41 bits per heavy atom. The Morgan fingerprint density at radius 1 is 0.262 bits per heavy atom. The van der Waals surface area contributed by atoms with Crippen LogP contribution in [0.25, 0.3) is 116 Å². The minimum atomic E-state index is 0.566. The van der Waals surface area contributed by atoms with E-state index in [1.165, 1.54) is 49.0 Å². The van der Waals surface area contributed by atoms with Crippen LogP contribution in [0, 0.1) is 0 Å². The summed E-state index contributed by atoms with van der Waals surface area (Å²) in [6, 6.07) is 77.6. The summed E-state index contributed by atoms with van der Waals surface area (Å²) in [6.07, 6.45) is 0. The fourth-order valence-electron chi connectivity index (χ4n) is 9.27. The van der Waals surface area contributed by atoms with Crippen molar-refractivity contribution in [1.82, 2.24) is 19.5 Å². The second kappa shape index (κ2) is 14.3. The van der Waals surface area contributed by atoms with Crippen molar-refractivity contribution in [3.05, 3.63) is 218 Å². The van der Waals surface area contributed by atoms with Gasteiger partial charge in [0.15, 0.2) is 11.6 Å². The molecule has 0 N–H and O–H groups in total. The molecule has 0 amide bonds. The van der Waals surface area contributed by atoms with E-state index in [0.29, 0.717) is 17.6 Å². The fourth-order valence-corrected chi connectivity index (χ4v) is 9.27. The smallest absolute Gasteiger partial charge is 0.238 e. The molecule has 61 heavy (non-hydrogen) atoms. The second-order valence-electron chi connectivity index (χ2n) is 15.5. The Hall–Kier alpha value is -8.21. The molecule has 2 aromatic heterocycles. The molecule has 0 unspecified atom stereocenters. The molecular formula is C57H36N4. The van der Waals surface area contributed by atoms with E-state index >= 15 is 0 Å². The molecule has 0 spiro atoms. The zero-order valence-corrected chi connectivity index (χ0v) is 33.1. The largest absolute Gasteiger partial charge is 0.277 e. The van der Waals surface area contributed by atoms with Crippen LogP contribution in [0.2, 0.25) is 0 Å². The van der Waals surface area contributed by atoms with Crippen LogP contribution in [0.4, 0.5) is 0 Å². The summed E-state index contributed by atoms with van der Waals surface area (Å²) in [6.45, 7) is 0. The summed E-state index contributed by atoms with van der Waals surface area (Å²) in [5.74, 6) is 1.80. The van der Waals surface area contributed by atoms with Gasteiger partial charge < -0.3 is 0 Å². The lowest BCUT2D eigenvalue weighted by molar-refractivity contribution is 0.954. The average Bonchev–Trinajstić information content (AvgIpc) is 3.69. The molecule has 10 aromatic carbocycles. The topological polar surface area (TPSA) is 43.6 Å². The summed E-state index contributed by atoms with van der Waals surface area (Å²) < 4.78 is 2.24. The van der Waals surface area contributed by atoms with E-state index in [1.54, 1.807) is 0 Å². The molecule has 0 bridgehead atoms. The molecule has 2 heterocycles. The van der Waals surface area contributed by atoms with Gasteiger partial charge in [-0.15, -0.1) is 0 Å². The Balaban J connectivity index is 1.10. The second-order valence-corrected chi connectivity index (χ2v) is 15.5. The zero-order chi connectivity index (χ0) is 40.3. The number of hydrogen-bond acceptors (Lipinski definition) is 3. The predicted molar refractivity (Wildman–Crippen MR) is 254 cm³/mol. The molecule has 4 nitrogen and oxygen atoms in total. The van der Waals surface area contributed by atoms with Crippen molar-refractivity contribution in [2.24, 2.45) is 0 Å². The summed E-state index contributed by atoms with van der Waals surface area (Å²) in [5.41, 5.74) is 10.9. The Kier molecular flexibility index (Phi) is 8.13. The van der Waals surface area contributed by atoms with Crippen LogP contribution in [-0.4, -0.2) is 19.5 Å². The first kappa shape index (κ1) is 34.8. The maximum atomic E-state index is 5.41. The summed E-state index contributed by atoms with van der Waals surface area (Å²) in [7, 11) is 0. The van der Waals surface area contributed by atoms with Gasteiger partial charge in [0.05, 0.1) is 11.0 Å². The molecule has 284 valence electrons. The molecule has 0 aliphatic heterocycles. The minimum absolute atomic E-state index is 0.566. The molecule has 0 radical (unpaired) electrons. The predicted octanol–water partition coefficient (Wildman–Crippen LogP) is 14.8. The Morgan fingerprint density at radius 2 is 0.721 bits per heavy atom. The van der Waals surface area contributed by atoms with Crippen LogP contribution in [-0.2, 0) is 0 Å². The fraction of sp³-hybridized carbons (Fsp3) is 0. The van der Waals surface area contributed by atoms with E-state index in [-0.39, 0.29) is 0 Å². The van der Waals surface area contributed by atoms with Crippen molar-refractivity contribution in [1.29, 1.82) is 0 Å². The first-order chi connectivity index (χ1) is 30.3. The van der Waals surface area contributed by atoms with Gasteiger partial charge in [-0.3, -0.25) is 4.57 Å². The standard InChI is InChI=1S/C57H36N4/c1-3-17-37(18-4-1)42-23-7-8-24-43(42)39-21-15-22-40(35-39)44-30-16-31-51-50-29-13-14-32-53(50)61(54(44)51)57-59-55(38-19-5-2-6-20-38)58-56(60-57)41-33-34-49-47-27-10-9-25-45(47)46-26-11-12-28-48(46)52(49)36-41/h1-36H. The van der Waals surface area contributed by atoms with E-state index < -0.39 is 0 Å². The maximum absolute atomic E-state index is 5.41. The van der Waals surface area contributed by atoms with Gasteiger partial charge in [0.1, 0.15) is 0 Å². The van der Waals surface area contributed by atoms with Crippen molar-refractivity contribution in [2.75, 3.05) is 0 Å². The first-order valence-corrected chi connectivity index (χ1v) is 20.7. The van der Waals surface area contributed by atoms with Crippen molar-refractivity contribution in [3.8, 4) is 62.1 Å². The minimum Gasteiger partial charge on any atom is -0.277 e. The number of fused-ring (bicyclic) bond motifs is 9. The van der Waals surface area contributed by atoms with Crippen LogP contribution < -0.4 is 0 Å². The molecule has 12 rings (SSSR count). The monoisotopic (exact) mass is 776 g/mol. The molecule has 4 heteroatoms. The van der Waals surface area contributed by atoms with Gasteiger partial charge in [-0.05, 0) is 78.3 Å². The van der Waals surface area contributed by atoms with Crippen LogP contribution in [0.3, 0.4) is 0 Å². The SMILES string of the molecule is c1ccc(-c2nc(-c3ccc4c5ccccc5c5ccccc5c4c3)nc(-n3c4ccccc4c4cccc(-c5cccc(-c6ccccc6-c6ccccc6)c5)c43)n2)cc1. The Bertz CT molecular complexity index is 3610. The van der Waals surface area contributed by atoms with E-state index in [0.717, 1.165) is 49.6 Å². The van der Waals surface area contributed by atoms with Gasteiger partial charge in [0, 0.05) is 27.5 Å². The van der Waals surface area contributed by atoms with Crippen molar-refractivity contribution in [2.45, 2.75) is 0 Å². The molecular weight excluding hydrogens is 741 g/mol. The van der Waals surface area contributed by atoms with Gasteiger partial charge in [0.25, 0.3) is 0 Å².